The first-order valence-electron chi connectivity index (χ1n) is 4.36. The number of thiophene rings is 1. The highest BCUT2D eigenvalue weighted by atomic mass is 35.5. The van der Waals surface area contributed by atoms with Gasteiger partial charge in [0.2, 0.25) is 0 Å². The van der Waals surface area contributed by atoms with Crippen LogP contribution < -0.4 is 0 Å². The van der Waals surface area contributed by atoms with Gasteiger partial charge < -0.3 is 5.11 Å². The lowest BCUT2D eigenvalue weighted by atomic mass is 10.1. The van der Waals surface area contributed by atoms with Crippen molar-refractivity contribution in [1.82, 2.24) is 0 Å². The van der Waals surface area contributed by atoms with Crippen molar-refractivity contribution in [2.24, 2.45) is 0 Å². The van der Waals surface area contributed by atoms with E-state index in [2.05, 4.69) is 0 Å². The van der Waals surface area contributed by atoms with Gasteiger partial charge in [-0.2, -0.15) is 0 Å². The number of rotatable bonds is 2. The van der Waals surface area contributed by atoms with Crippen LogP contribution in [-0.2, 0) is 0 Å². The molecule has 0 atom stereocenters. The molecule has 0 saturated heterocycles. The van der Waals surface area contributed by atoms with Crippen molar-refractivity contribution in [1.29, 1.82) is 0 Å². The van der Waals surface area contributed by atoms with Crippen LogP contribution in [0.25, 0.3) is 10.4 Å². The van der Waals surface area contributed by atoms with Crippen LogP contribution in [0.2, 0.25) is 4.34 Å². The Balaban J connectivity index is 2.55. The Morgan fingerprint density at radius 1 is 1.31 bits per heavy atom. The first-order valence-corrected chi connectivity index (χ1v) is 5.56. The standard InChI is InChI=1S/C11H6ClFO2S/c12-10-4-3-9(16-10)7-5-6(11(14)15)1-2-8(7)13/h1-5H,(H,14,15). The summed E-state index contributed by atoms with van der Waals surface area (Å²) in [6.45, 7) is 0. The molecule has 0 spiro atoms. The minimum atomic E-state index is -1.08. The van der Waals surface area contributed by atoms with Crippen LogP contribution in [0.15, 0.2) is 30.3 Å². The molecule has 0 fully saturated rings. The van der Waals surface area contributed by atoms with Gasteiger partial charge in [-0.3, -0.25) is 0 Å². The fraction of sp³-hybridized carbons (Fsp3) is 0. The van der Waals surface area contributed by atoms with Crippen LogP contribution in [0.4, 0.5) is 4.39 Å². The average molecular weight is 257 g/mol. The molecule has 0 aliphatic heterocycles. The van der Waals surface area contributed by atoms with Crippen molar-refractivity contribution >= 4 is 28.9 Å². The summed E-state index contributed by atoms with van der Waals surface area (Å²) in [5.41, 5.74) is 0.317. The predicted octanol–water partition coefficient (Wildman–Crippen LogP) is 3.91. The number of halogens is 2. The lowest BCUT2D eigenvalue weighted by Crippen LogP contribution is -1.97. The first kappa shape index (κ1) is 11.1. The second kappa shape index (κ2) is 4.23. The van der Waals surface area contributed by atoms with Crippen LogP contribution in [0.3, 0.4) is 0 Å². The molecule has 0 unspecified atom stereocenters. The Kier molecular flexibility index (Phi) is 2.94. The summed E-state index contributed by atoms with van der Waals surface area (Å²) >= 11 is 6.95. The fourth-order valence-electron chi connectivity index (χ4n) is 1.31. The molecule has 1 heterocycles. The lowest BCUT2D eigenvalue weighted by Gasteiger charge is -2.01. The monoisotopic (exact) mass is 256 g/mol. The highest BCUT2D eigenvalue weighted by Gasteiger charge is 2.11. The fourth-order valence-corrected chi connectivity index (χ4v) is 2.37. The summed E-state index contributed by atoms with van der Waals surface area (Å²) in [7, 11) is 0. The van der Waals surface area contributed by atoms with E-state index >= 15 is 0 Å². The molecule has 1 aromatic carbocycles. The van der Waals surface area contributed by atoms with Gasteiger partial charge in [0.05, 0.1) is 9.90 Å². The molecule has 1 N–H and O–H groups in total. The third-order valence-corrected chi connectivity index (χ3v) is 3.32. The maximum Gasteiger partial charge on any atom is 0.335 e. The zero-order valence-corrected chi connectivity index (χ0v) is 9.48. The zero-order chi connectivity index (χ0) is 11.7. The van der Waals surface area contributed by atoms with E-state index in [1.54, 1.807) is 12.1 Å². The Morgan fingerprint density at radius 2 is 2.06 bits per heavy atom. The number of carboxylic acid groups (broad SMARTS) is 1. The highest BCUT2D eigenvalue weighted by Crippen LogP contribution is 2.33. The van der Waals surface area contributed by atoms with Gasteiger partial charge in [0.15, 0.2) is 0 Å². The Hall–Kier alpha value is -1.39. The highest BCUT2D eigenvalue weighted by molar-refractivity contribution is 7.19. The molecule has 2 rings (SSSR count). The summed E-state index contributed by atoms with van der Waals surface area (Å²) < 4.78 is 14.0. The molecule has 5 heteroatoms. The minimum Gasteiger partial charge on any atom is -0.478 e. The maximum atomic E-state index is 13.5. The molecule has 0 radical (unpaired) electrons. The molecule has 2 nitrogen and oxygen atoms in total. The van der Waals surface area contributed by atoms with Gasteiger partial charge in [0.1, 0.15) is 5.82 Å². The van der Waals surface area contributed by atoms with E-state index in [4.69, 9.17) is 16.7 Å². The normalized spacial score (nSPS) is 10.4. The smallest absolute Gasteiger partial charge is 0.335 e. The molecule has 0 amide bonds. The summed E-state index contributed by atoms with van der Waals surface area (Å²) in [5.74, 6) is -1.53. The third kappa shape index (κ3) is 2.08. The molecule has 0 aliphatic rings. The van der Waals surface area contributed by atoms with Crippen molar-refractivity contribution in [2.45, 2.75) is 0 Å². The maximum absolute atomic E-state index is 13.5. The number of aromatic carboxylic acids is 1. The summed E-state index contributed by atoms with van der Waals surface area (Å²) in [4.78, 5) is 11.4. The second-order valence-corrected chi connectivity index (χ2v) is 4.82. The Labute approximate surface area is 99.9 Å². The zero-order valence-electron chi connectivity index (χ0n) is 7.91. The van der Waals surface area contributed by atoms with Crippen LogP contribution in [0.5, 0.6) is 0 Å². The van der Waals surface area contributed by atoms with E-state index < -0.39 is 11.8 Å². The lowest BCUT2D eigenvalue weighted by molar-refractivity contribution is 0.0697. The van der Waals surface area contributed by atoms with Crippen molar-refractivity contribution in [3.8, 4) is 10.4 Å². The number of hydrogen-bond acceptors (Lipinski definition) is 2. The van der Waals surface area contributed by atoms with E-state index in [1.807, 2.05) is 0 Å². The topological polar surface area (TPSA) is 37.3 Å². The average Bonchev–Trinajstić information content (AvgIpc) is 2.65. The number of benzene rings is 1. The van der Waals surface area contributed by atoms with Crippen molar-refractivity contribution in [3.63, 3.8) is 0 Å². The van der Waals surface area contributed by atoms with Crippen LogP contribution in [0.1, 0.15) is 10.4 Å². The molecule has 16 heavy (non-hydrogen) atoms. The third-order valence-electron chi connectivity index (χ3n) is 2.05. The van der Waals surface area contributed by atoms with Crippen LogP contribution in [-0.4, -0.2) is 11.1 Å². The van der Waals surface area contributed by atoms with E-state index in [0.29, 0.717) is 9.21 Å². The SMILES string of the molecule is O=C(O)c1ccc(F)c(-c2ccc(Cl)s2)c1. The van der Waals surface area contributed by atoms with Crippen molar-refractivity contribution in [3.05, 3.63) is 46.0 Å². The van der Waals surface area contributed by atoms with Gasteiger partial charge in [-0.1, -0.05) is 11.6 Å². The summed E-state index contributed by atoms with van der Waals surface area (Å²) in [6, 6.07) is 6.99. The summed E-state index contributed by atoms with van der Waals surface area (Å²) in [6.07, 6.45) is 0. The van der Waals surface area contributed by atoms with Gasteiger partial charge in [-0.25, -0.2) is 9.18 Å². The van der Waals surface area contributed by atoms with Gasteiger partial charge in [-0.15, -0.1) is 11.3 Å². The van der Waals surface area contributed by atoms with Gasteiger partial charge in [0.25, 0.3) is 0 Å². The predicted molar refractivity (Wildman–Crippen MR) is 61.7 cm³/mol. The summed E-state index contributed by atoms with van der Waals surface area (Å²) in [5, 5.41) is 8.81. The molecule has 2 aromatic rings. The minimum absolute atomic E-state index is 0.0564. The number of carboxylic acids is 1. The van der Waals surface area contributed by atoms with E-state index in [-0.39, 0.29) is 11.1 Å². The van der Waals surface area contributed by atoms with Gasteiger partial charge in [-0.05, 0) is 30.3 Å². The molecule has 0 saturated carbocycles. The van der Waals surface area contributed by atoms with Gasteiger partial charge in [0, 0.05) is 10.4 Å². The largest absolute Gasteiger partial charge is 0.478 e. The molecule has 1 aromatic heterocycles. The van der Waals surface area contributed by atoms with Crippen molar-refractivity contribution < 1.29 is 14.3 Å². The van der Waals surface area contributed by atoms with E-state index in [1.165, 1.54) is 23.5 Å². The molecule has 82 valence electrons. The Morgan fingerprint density at radius 3 is 2.62 bits per heavy atom. The van der Waals surface area contributed by atoms with Crippen LogP contribution in [0, 0.1) is 5.82 Å². The van der Waals surface area contributed by atoms with E-state index in [9.17, 15) is 9.18 Å². The second-order valence-electron chi connectivity index (χ2n) is 3.10. The number of carbonyl (C=O) groups is 1. The number of hydrogen-bond donors (Lipinski definition) is 1. The molecular formula is C11H6ClFO2S. The quantitative estimate of drug-likeness (QED) is 0.885. The van der Waals surface area contributed by atoms with Gasteiger partial charge >= 0.3 is 5.97 Å². The molecular weight excluding hydrogens is 251 g/mol. The first-order chi connectivity index (χ1) is 7.58. The van der Waals surface area contributed by atoms with Crippen molar-refractivity contribution in [2.75, 3.05) is 0 Å². The molecule has 0 bridgehead atoms. The Bertz CT molecular complexity index is 551. The molecule has 0 aliphatic carbocycles. The van der Waals surface area contributed by atoms with Crippen LogP contribution >= 0.6 is 22.9 Å². The van der Waals surface area contributed by atoms with E-state index in [0.717, 1.165) is 6.07 Å².